The monoisotopic (exact) mass is 351 g/mol. The average molecular weight is 352 g/mol. The summed E-state index contributed by atoms with van der Waals surface area (Å²) in [5, 5.41) is 3.75. The second-order valence-electron chi connectivity index (χ2n) is 4.56. The van der Waals surface area contributed by atoms with Gasteiger partial charge in [0.15, 0.2) is 5.71 Å². The lowest BCUT2D eigenvalue weighted by molar-refractivity contribution is -0.133. The summed E-state index contributed by atoms with van der Waals surface area (Å²) in [5.74, 6) is -2.57. The number of amides is 2. The Morgan fingerprint density at radius 1 is 1.29 bits per heavy atom. The number of rotatable bonds is 2. The molecule has 7 nitrogen and oxygen atoms in total. The molecule has 1 aromatic rings. The predicted molar refractivity (Wildman–Crippen MR) is 76.5 cm³/mol. The van der Waals surface area contributed by atoms with Gasteiger partial charge in [-0.15, -0.1) is 0 Å². The van der Waals surface area contributed by atoms with E-state index in [0.717, 1.165) is 9.37 Å². The van der Waals surface area contributed by atoms with E-state index in [1.807, 2.05) is 0 Å². The van der Waals surface area contributed by atoms with Crippen molar-refractivity contribution in [3.05, 3.63) is 28.7 Å². The summed E-state index contributed by atoms with van der Waals surface area (Å²) in [4.78, 5) is 37.5. The summed E-state index contributed by atoms with van der Waals surface area (Å²) in [6.45, 7) is 0. The van der Waals surface area contributed by atoms with Gasteiger partial charge in [0, 0.05) is 4.47 Å². The molecule has 2 heterocycles. The molecule has 0 aliphatic carbocycles. The Kier molecular flexibility index (Phi) is 3.25. The topological polar surface area (TPSA) is 88.1 Å². The van der Waals surface area contributed by atoms with Gasteiger partial charge in [0.05, 0.1) is 12.8 Å². The number of benzene rings is 1. The number of imide groups is 1. The maximum atomic E-state index is 12.5. The Labute approximate surface area is 128 Å². The Balaban J connectivity index is 1.95. The van der Waals surface area contributed by atoms with Gasteiger partial charge in [-0.05, 0) is 24.3 Å². The number of carbonyl (C=O) groups is 3. The molecule has 21 heavy (non-hydrogen) atoms. The van der Waals surface area contributed by atoms with Crippen molar-refractivity contribution in [1.29, 1.82) is 0 Å². The van der Waals surface area contributed by atoms with Crippen molar-refractivity contribution in [3.8, 4) is 0 Å². The van der Waals surface area contributed by atoms with Crippen LogP contribution in [0.15, 0.2) is 33.8 Å². The molecule has 2 amide bonds. The number of hydrazone groups is 1. The van der Waals surface area contributed by atoms with Crippen LogP contribution in [0.5, 0.6) is 0 Å². The molecule has 8 heteroatoms. The first-order chi connectivity index (χ1) is 10.0. The number of nitrogens with one attached hydrogen (secondary N) is 1. The quantitative estimate of drug-likeness (QED) is 0.616. The van der Waals surface area contributed by atoms with Gasteiger partial charge in [-0.25, -0.2) is 9.69 Å². The van der Waals surface area contributed by atoms with Gasteiger partial charge in [-0.2, -0.15) is 5.10 Å². The van der Waals surface area contributed by atoms with E-state index in [1.54, 1.807) is 24.3 Å². The SMILES string of the molecule is COC(=O)C1=NN[C@H]2C(=O)N(c3ccc(Br)cc3)C(=O)[C@H]12. The third kappa shape index (κ3) is 2.02. The number of hydrogen-bond acceptors (Lipinski definition) is 6. The Morgan fingerprint density at radius 2 is 1.95 bits per heavy atom. The first-order valence-electron chi connectivity index (χ1n) is 6.09. The summed E-state index contributed by atoms with van der Waals surface area (Å²) in [5.41, 5.74) is 2.92. The molecule has 1 saturated heterocycles. The zero-order valence-corrected chi connectivity index (χ0v) is 12.5. The standard InChI is InChI=1S/C13H10BrN3O4/c1-21-13(20)10-8-9(15-16-10)12(19)17(11(8)18)7-4-2-6(14)3-5-7/h2-5,8-9,15H,1H3/t8-,9+/m0/s1. The van der Waals surface area contributed by atoms with Crippen LogP contribution in [-0.4, -0.2) is 36.6 Å². The zero-order valence-electron chi connectivity index (χ0n) is 10.9. The number of anilines is 1. The Hall–Kier alpha value is -2.22. The first kappa shape index (κ1) is 13.7. The van der Waals surface area contributed by atoms with Crippen molar-refractivity contribution in [3.63, 3.8) is 0 Å². The van der Waals surface area contributed by atoms with Crippen LogP contribution in [0.1, 0.15) is 0 Å². The number of nitrogens with zero attached hydrogens (tertiary/aromatic N) is 2. The minimum atomic E-state index is -0.936. The molecule has 0 spiro atoms. The molecule has 2 atom stereocenters. The van der Waals surface area contributed by atoms with Crippen molar-refractivity contribution in [2.24, 2.45) is 11.0 Å². The third-order valence-electron chi connectivity index (χ3n) is 3.40. The molecule has 0 unspecified atom stereocenters. The van der Waals surface area contributed by atoms with Gasteiger partial charge in [-0.1, -0.05) is 15.9 Å². The number of halogens is 1. The first-order valence-corrected chi connectivity index (χ1v) is 6.88. The van der Waals surface area contributed by atoms with E-state index in [0.29, 0.717) is 5.69 Å². The minimum absolute atomic E-state index is 0.0690. The molecule has 0 saturated carbocycles. The molecule has 0 bridgehead atoms. The van der Waals surface area contributed by atoms with Crippen LogP contribution in [0.4, 0.5) is 5.69 Å². The van der Waals surface area contributed by atoms with E-state index in [4.69, 9.17) is 0 Å². The molecule has 1 fully saturated rings. The lowest BCUT2D eigenvalue weighted by Crippen LogP contribution is -2.36. The fourth-order valence-electron chi connectivity index (χ4n) is 2.41. The molecule has 2 aliphatic heterocycles. The number of hydrogen-bond donors (Lipinski definition) is 1. The molecule has 1 N–H and O–H groups in total. The van der Waals surface area contributed by atoms with Crippen LogP contribution >= 0.6 is 15.9 Å². The summed E-state index contributed by atoms with van der Waals surface area (Å²) in [7, 11) is 1.20. The number of ether oxygens (including phenoxy) is 1. The van der Waals surface area contributed by atoms with Crippen LogP contribution in [0.2, 0.25) is 0 Å². The molecule has 0 radical (unpaired) electrons. The lowest BCUT2D eigenvalue weighted by atomic mass is 9.99. The second kappa shape index (κ2) is 4.96. The van der Waals surface area contributed by atoms with Gasteiger partial charge < -0.3 is 4.74 Å². The van der Waals surface area contributed by atoms with Crippen LogP contribution in [0.3, 0.4) is 0 Å². The number of fused-ring (bicyclic) bond motifs is 1. The van der Waals surface area contributed by atoms with Crippen LogP contribution in [-0.2, 0) is 19.1 Å². The number of methoxy groups -OCH3 is 1. The molecule has 2 aliphatic rings. The van der Waals surface area contributed by atoms with Crippen molar-refractivity contribution < 1.29 is 19.1 Å². The van der Waals surface area contributed by atoms with Gasteiger partial charge in [-0.3, -0.25) is 15.0 Å². The Bertz CT molecular complexity index is 670. The molecule has 0 aromatic heterocycles. The van der Waals surface area contributed by atoms with E-state index in [-0.39, 0.29) is 5.71 Å². The van der Waals surface area contributed by atoms with Gasteiger partial charge in [0.2, 0.25) is 5.91 Å². The molecular weight excluding hydrogens is 342 g/mol. The summed E-state index contributed by atoms with van der Waals surface area (Å²) in [6, 6.07) is 5.90. The maximum Gasteiger partial charge on any atom is 0.355 e. The minimum Gasteiger partial charge on any atom is -0.464 e. The molecule has 1 aromatic carbocycles. The number of esters is 1. The second-order valence-corrected chi connectivity index (χ2v) is 5.48. The van der Waals surface area contributed by atoms with Crippen LogP contribution in [0.25, 0.3) is 0 Å². The van der Waals surface area contributed by atoms with E-state index in [2.05, 4.69) is 31.2 Å². The van der Waals surface area contributed by atoms with Crippen molar-refractivity contribution in [1.82, 2.24) is 5.43 Å². The van der Waals surface area contributed by atoms with Crippen molar-refractivity contribution in [2.45, 2.75) is 6.04 Å². The maximum absolute atomic E-state index is 12.5. The van der Waals surface area contributed by atoms with Gasteiger partial charge in [0.1, 0.15) is 12.0 Å². The highest BCUT2D eigenvalue weighted by Crippen LogP contribution is 2.31. The lowest BCUT2D eigenvalue weighted by Gasteiger charge is -2.15. The summed E-state index contributed by atoms with van der Waals surface area (Å²) < 4.78 is 5.42. The summed E-state index contributed by atoms with van der Waals surface area (Å²) >= 11 is 3.29. The van der Waals surface area contributed by atoms with E-state index >= 15 is 0 Å². The average Bonchev–Trinajstić information content (AvgIpc) is 3.01. The molecule has 108 valence electrons. The van der Waals surface area contributed by atoms with E-state index in [1.165, 1.54) is 7.11 Å². The molecular formula is C13H10BrN3O4. The fraction of sp³-hybridized carbons (Fsp3) is 0.231. The van der Waals surface area contributed by atoms with Crippen LogP contribution in [0, 0.1) is 5.92 Å². The zero-order chi connectivity index (χ0) is 15.1. The van der Waals surface area contributed by atoms with Crippen molar-refractivity contribution in [2.75, 3.05) is 12.0 Å². The molecule has 3 rings (SSSR count). The predicted octanol–water partition coefficient (Wildman–Crippen LogP) is 0.439. The third-order valence-corrected chi connectivity index (χ3v) is 3.93. The largest absolute Gasteiger partial charge is 0.464 e. The fourth-order valence-corrected chi connectivity index (χ4v) is 2.67. The highest BCUT2D eigenvalue weighted by atomic mass is 79.9. The van der Waals surface area contributed by atoms with E-state index < -0.39 is 29.7 Å². The normalized spacial score (nSPS) is 23.7. The summed E-state index contributed by atoms with van der Waals surface area (Å²) in [6.07, 6.45) is 0. The van der Waals surface area contributed by atoms with E-state index in [9.17, 15) is 14.4 Å². The highest BCUT2D eigenvalue weighted by molar-refractivity contribution is 9.10. The van der Waals surface area contributed by atoms with Gasteiger partial charge in [0.25, 0.3) is 5.91 Å². The van der Waals surface area contributed by atoms with Crippen molar-refractivity contribution >= 4 is 45.1 Å². The Morgan fingerprint density at radius 3 is 2.57 bits per heavy atom. The highest BCUT2D eigenvalue weighted by Gasteiger charge is 2.55. The number of carbonyl (C=O) groups excluding carboxylic acids is 3. The van der Waals surface area contributed by atoms with Crippen LogP contribution < -0.4 is 10.3 Å². The van der Waals surface area contributed by atoms with Gasteiger partial charge >= 0.3 is 5.97 Å². The smallest absolute Gasteiger partial charge is 0.355 e.